The average Bonchev–Trinajstić information content (AvgIpc) is 3.53. The lowest BCUT2D eigenvalue weighted by molar-refractivity contribution is 0.0739. The Balaban J connectivity index is 1.61. The van der Waals surface area contributed by atoms with E-state index in [-0.39, 0.29) is 28.9 Å². The zero-order valence-corrected chi connectivity index (χ0v) is 16.7. The smallest absolute Gasteiger partial charge is 0.280 e. The van der Waals surface area contributed by atoms with Crippen molar-refractivity contribution in [2.45, 2.75) is 25.3 Å². The first-order valence-corrected chi connectivity index (χ1v) is 10.6. The SMILES string of the molecule is O=C(c1cnn2c(C(F)F)cc(-c3ccccc3)nc12)N1CCCC1c1cccs1. The number of amides is 1. The molecule has 5 nitrogen and oxygen atoms in total. The monoisotopic (exact) mass is 424 g/mol. The van der Waals surface area contributed by atoms with Gasteiger partial charge >= 0.3 is 0 Å². The summed E-state index contributed by atoms with van der Waals surface area (Å²) < 4.78 is 28.6. The van der Waals surface area contributed by atoms with Crippen molar-refractivity contribution in [2.75, 3.05) is 6.54 Å². The van der Waals surface area contributed by atoms with Crippen molar-refractivity contribution in [3.05, 3.63) is 76.2 Å². The van der Waals surface area contributed by atoms with E-state index in [4.69, 9.17) is 0 Å². The number of hydrogen-bond donors (Lipinski definition) is 0. The molecule has 1 unspecified atom stereocenters. The second kappa shape index (κ2) is 7.60. The van der Waals surface area contributed by atoms with E-state index in [0.29, 0.717) is 17.8 Å². The maximum absolute atomic E-state index is 13.8. The highest BCUT2D eigenvalue weighted by Crippen LogP contribution is 2.36. The zero-order valence-electron chi connectivity index (χ0n) is 15.9. The van der Waals surface area contributed by atoms with Crippen LogP contribution in [0.4, 0.5) is 8.78 Å². The van der Waals surface area contributed by atoms with Crippen molar-refractivity contribution in [2.24, 2.45) is 0 Å². The van der Waals surface area contributed by atoms with Gasteiger partial charge in [0, 0.05) is 17.0 Å². The number of fused-ring (bicyclic) bond motifs is 1. The minimum atomic E-state index is -2.74. The Bertz CT molecular complexity index is 1190. The molecule has 1 amide bonds. The normalized spacial score (nSPS) is 16.6. The van der Waals surface area contributed by atoms with E-state index in [0.717, 1.165) is 22.2 Å². The van der Waals surface area contributed by atoms with E-state index in [2.05, 4.69) is 10.1 Å². The van der Waals surface area contributed by atoms with Crippen molar-refractivity contribution in [1.82, 2.24) is 19.5 Å². The highest BCUT2D eigenvalue weighted by Gasteiger charge is 2.33. The summed E-state index contributed by atoms with van der Waals surface area (Å²) in [4.78, 5) is 20.9. The summed E-state index contributed by atoms with van der Waals surface area (Å²) in [5.74, 6) is -0.223. The number of carbonyl (C=O) groups is 1. The van der Waals surface area contributed by atoms with Crippen molar-refractivity contribution in [3.63, 3.8) is 0 Å². The van der Waals surface area contributed by atoms with Gasteiger partial charge in [-0.05, 0) is 30.4 Å². The molecule has 152 valence electrons. The first-order valence-electron chi connectivity index (χ1n) is 9.70. The molecule has 1 aromatic carbocycles. The average molecular weight is 424 g/mol. The van der Waals surface area contributed by atoms with Gasteiger partial charge in [-0.25, -0.2) is 18.3 Å². The van der Waals surface area contributed by atoms with E-state index in [9.17, 15) is 13.6 Å². The van der Waals surface area contributed by atoms with Gasteiger partial charge in [0.2, 0.25) is 0 Å². The summed E-state index contributed by atoms with van der Waals surface area (Å²) in [6.45, 7) is 0.624. The van der Waals surface area contributed by atoms with Crippen LogP contribution in [-0.4, -0.2) is 31.9 Å². The third-order valence-corrected chi connectivity index (χ3v) is 6.38. The maximum Gasteiger partial charge on any atom is 0.280 e. The van der Waals surface area contributed by atoms with E-state index in [1.807, 2.05) is 40.6 Å². The van der Waals surface area contributed by atoms with Crippen LogP contribution in [0.1, 0.15) is 46.2 Å². The number of hydrogen-bond acceptors (Lipinski definition) is 4. The molecule has 30 heavy (non-hydrogen) atoms. The molecule has 0 bridgehead atoms. The Morgan fingerprint density at radius 1 is 1.17 bits per heavy atom. The van der Waals surface area contributed by atoms with Gasteiger partial charge in [-0.2, -0.15) is 5.10 Å². The van der Waals surface area contributed by atoms with Gasteiger partial charge in [0.25, 0.3) is 12.3 Å². The Kier molecular flexibility index (Phi) is 4.78. The van der Waals surface area contributed by atoms with E-state index in [1.54, 1.807) is 23.5 Å². The Morgan fingerprint density at radius 3 is 2.73 bits per heavy atom. The molecule has 0 saturated carbocycles. The van der Waals surface area contributed by atoms with E-state index in [1.165, 1.54) is 12.3 Å². The molecule has 0 aliphatic carbocycles. The standard InChI is InChI=1S/C22H18F2N4OS/c23-20(24)18-12-16(14-6-2-1-3-7-14)26-21-15(13-25-28(18)21)22(29)27-10-4-8-17(27)19-9-5-11-30-19/h1-3,5-7,9,11-13,17,20H,4,8,10H2. The number of benzene rings is 1. The molecule has 0 spiro atoms. The number of thiophene rings is 1. The van der Waals surface area contributed by atoms with Gasteiger partial charge in [-0.3, -0.25) is 4.79 Å². The van der Waals surface area contributed by atoms with Crippen LogP contribution in [0.5, 0.6) is 0 Å². The van der Waals surface area contributed by atoms with Crippen LogP contribution in [0.3, 0.4) is 0 Å². The zero-order chi connectivity index (χ0) is 20.7. The van der Waals surface area contributed by atoms with Crippen molar-refractivity contribution < 1.29 is 13.6 Å². The molecule has 1 fully saturated rings. The molecule has 4 heterocycles. The summed E-state index contributed by atoms with van der Waals surface area (Å²) >= 11 is 1.62. The first kappa shape index (κ1) is 18.9. The van der Waals surface area contributed by atoms with Crippen LogP contribution < -0.4 is 0 Å². The molecule has 1 atom stereocenters. The van der Waals surface area contributed by atoms with Gasteiger partial charge in [-0.1, -0.05) is 36.4 Å². The number of likely N-dealkylation sites (tertiary alicyclic amines) is 1. The lowest BCUT2D eigenvalue weighted by Gasteiger charge is -2.23. The van der Waals surface area contributed by atoms with Gasteiger partial charge in [0.05, 0.1) is 17.9 Å². The summed E-state index contributed by atoms with van der Waals surface area (Å²) in [5.41, 5.74) is 1.23. The fourth-order valence-corrected chi connectivity index (χ4v) is 4.86. The van der Waals surface area contributed by atoms with Gasteiger partial charge in [0.1, 0.15) is 11.3 Å². The summed E-state index contributed by atoms with van der Waals surface area (Å²) in [5, 5.41) is 6.08. The number of alkyl halides is 2. The number of halogens is 2. The molecule has 1 aliphatic rings. The van der Waals surface area contributed by atoms with E-state index >= 15 is 0 Å². The van der Waals surface area contributed by atoms with Gasteiger partial charge in [0.15, 0.2) is 5.65 Å². The third kappa shape index (κ3) is 3.17. The summed E-state index contributed by atoms with van der Waals surface area (Å²) in [7, 11) is 0. The van der Waals surface area contributed by atoms with Crippen LogP contribution in [-0.2, 0) is 0 Å². The van der Waals surface area contributed by atoms with Crippen LogP contribution in [0.2, 0.25) is 0 Å². The summed E-state index contributed by atoms with van der Waals surface area (Å²) in [6, 6.07) is 14.4. The fraction of sp³-hybridized carbons (Fsp3) is 0.227. The Morgan fingerprint density at radius 2 is 2.00 bits per heavy atom. The quantitative estimate of drug-likeness (QED) is 0.442. The number of rotatable bonds is 4. The number of carbonyl (C=O) groups excluding carboxylic acids is 1. The lowest BCUT2D eigenvalue weighted by atomic mass is 10.1. The predicted octanol–water partition coefficient (Wildman–Crippen LogP) is 5.37. The summed E-state index contributed by atoms with van der Waals surface area (Å²) in [6.07, 6.45) is 0.399. The third-order valence-electron chi connectivity index (χ3n) is 5.41. The van der Waals surface area contributed by atoms with Crippen LogP contribution >= 0.6 is 11.3 Å². The predicted molar refractivity (Wildman–Crippen MR) is 111 cm³/mol. The Hall–Kier alpha value is -3.13. The van der Waals surface area contributed by atoms with Crippen LogP contribution in [0.15, 0.2) is 60.1 Å². The maximum atomic E-state index is 13.8. The van der Waals surface area contributed by atoms with Crippen molar-refractivity contribution in [3.8, 4) is 11.3 Å². The highest BCUT2D eigenvalue weighted by molar-refractivity contribution is 7.10. The molecular weight excluding hydrogens is 406 g/mol. The van der Waals surface area contributed by atoms with E-state index < -0.39 is 6.43 Å². The molecule has 0 radical (unpaired) electrons. The van der Waals surface area contributed by atoms with Crippen LogP contribution in [0.25, 0.3) is 16.9 Å². The molecule has 4 aromatic rings. The second-order valence-electron chi connectivity index (χ2n) is 7.20. The van der Waals surface area contributed by atoms with Gasteiger partial charge in [-0.15, -0.1) is 11.3 Å². The minimum absolute atomic E-state index is 0.000625. The number of aromatic nitrogens is 3. The molecule has 5 rings (SSSR count). The van der Waals surface area contributed by atoms with Crippen molar-refractivity contribution >= 4 is 22.9 Å². The minimum Gasteiger partial charge on any atom is -0.331 e. The fourth-order valence-electron chi connectivity index (χ4n) is 3.99. The molecule has 0 N–H and O–H groups in total. The lowest BCUT2D eigenvalue weighted by Crippen LogP contribution is -2.30. The number of nitrogens with zero attached hydrogens (tertiary/aromatic N) is 4. The largest absolute Gasteiger partial charge is 0.331 e. The molecule has 1 saturated heterocycles. The first-order chi connectivity index (χ1) is 14.6. The molecule has 3 aromatic heterocycles. The molecule has 1 aliphatic heterocycles. The molecule has 8 heteroatoms. The highest BCUT2D eigenvalue weighted by atomic mass is 32.1. The molecular formula is C22H18F2N4OS. The second-order valence-corrected chi connectivity index (χ2v) is 8.18. The topological polar surface area (TPSA) is 50.5 Å². The van der Waals surface area contributed by atoms with Crippen LogP contribution in [0, 0.1) is 0 Å². The Labute approximate surface area is 175 Å². The van der Waals surface area contributed by atoms with Crippen molar-refractivity contribution in [1.29, 1.82) is 0 Å². The van der Waals surface area contributed by atoms with Gasteiger partial charge < -0.3 is 4.90 Å².